The lowest BCUT2D eigenvalue weighted by molar-refractivity contribution is -0.111. The van der Waals surface area contributed by atoms with Gasteiger partial charge in [-0.05, 0) is 25.1 Å². The largest absolute Gasteiger partial charge is 0.320 e. The van der Waals surface area contributed by atoms with Crippen molar-refractivity contribution in [3.05, 3.63) is 40.4 Å². The summed E-state index contributed by atoms with van der Waals surface area (Å²) in [4.78, 5) is 11.2. The summed E-state index contributed by atoms with van der Waals surface area (Å²) in [5.41, 5.74) is 0.443. The third-order valence-corrected chi connectivity index (χ3v) is 2.16. The summed E-state index contributed by atoms with van der Waals surface area (Å²) in [6.07, 6.45) is 3.04. The Balaban J connectivity index is 2.91. The molecule has 0 aliphatic carbocycles. The van der Waals surface area contributed by atoms with Crippen LogP contribution < -0.4 is 5.32 Å². The van der Waals surface area contributed by atoms with E-state index >= 15 is 0 Å². The third-order valence-electron chi connectivity index (χ3n) is 1.53. The Hall–Kier alpha value is -0.990. The molecule has 74 valence electrons. The molecule has 2 nitrogen and oxygen atoms in total. The van der Waals surface area contributed by atoms with Crippen LogP contribution in [-0.2, 0) is 4.79 Å². The minimum Gasteiger partial charge on any atom is -0.320 e. The lowest BCUT2D eigenvalue weighted by atomic mass is 10.3. The van der Waals surface area contributed by atoms with E-state index in [0.717, 1.165) is 0 Å². The molecule has 0 aromatic heterocycles. The van der Waals surface area contributed by atoms with Crippen molar-refractivity contribution < 1.29 is 4.79 Å². The van der Waals surface area contributed by atoms with Crippen LogP contribution in [0.15, 0.2) is 30.4 Å². The van der Waals surface area contributed by atoms with E-state index in [4.69, 9.17) is 23.2 Å². The van der Waals surface area contributed by atoms with E-state index in [1.54, 1.807) is 31.2 Å². The first-order chi connectivity index (χ1) is 6.65. The molecule has 0 bridgehead atoms. The summed E-state index contributed by atoms with van der Waals surface area (Å²) in [5, 5.41) is 3.44. The quantitative estimate of drug-likeness (QED) is 0.774. The molecule has 0 saturated carbocycles. The number of halogens is 2. The van der Waals surface area contributed by atoms with E-state index in [-0.39, 0.29) is 5.91 Å². The molecule has 0 heterocycles. The number of amides is 1. The fraction of sp³-hybridized carbons (Fsp3) is 0.100. The summed E-state index contributed by atoms with van der Waals surface area (Å²) in [5.74, 6) is -0.248. The second kappa shape index (κ2) is 5.03. The number of carbonyl (C=O) groups excluding carboxylic acids is 1. The number of hydrogen-bond donors (Lipinski definition) is 1. The lowest BCUT2D eigenvalue weighted by Gasteiger charge is -2.06. The van der Waals surface area contributed by atoms with E-state index in [9.17, 15) is 4.79 Å². The van der Waals surface area contributed by atoms with Gasteiger partial charge in [0.2, 0.25) is 5.91 Å². The number of carbonyl (C=O) groups is 1. The van der Waals surface area contributed by atoms with Gasteiger partial charge in [0, 0.05) is 0 Å². The molecular weight excluding hydrogens is 221 g/mol. The Morgan fingerprint density at radius 2 is 1.93 bits per heavy atom. The monoisotopic (exact) mass is 229 g/mol. The Kier molecular flexibility index (Phi) is 3.98. The van der Waals surface area contributed by atoms with Gasteiger partial charge in [0.05, 0.1) is 15.7 Å². The number of para-hydroxylation sites is 1. The summed E-state index contributed by atoms with van der Waals surface area (Å²) in [6.45, 7) is 1.76. The van der Waals surface area contributed by atoms with Gasteiger partial charge in [-0.3, -0.25) is 4.79 Å². The Morgan fingerprint density at radius 3 is 2.43 bits per heavy atom. The predicted molar refractivity (Wildman–Crippen MR) is 59.9 cm³/mol. The lowest BCUT2D eigenvalue weighted by Crippen LogP contribution is -2.08. The third kappa shape index (κ3) is 2.76. The van der Waals surface area contributed by atoms with Crippen molar-refractivity contribution in [2.45, 2.75) is 6.92 Å². The van der Waals surface area contributed by atoms with E-state index in [2.05, 4.69) is 5.32 Å². The number of nitrogens with one attached hydrogen (secondary N) is 1. The summed E-state index contributed by atoms with van der Waals surface area (Å²) < 4.78 is 0. The topological polar surface area (TPSA) is 29.1 Å². The van der Waals surface area contributed by atoms with Gasteiger partial charge in [0.15, 0.2) is 0 Å². The highest BCUT2D eigenvalue weighted by Crippen LogP contribution is 2.29. The molecular formula is C10H9Cl2NO. The molecule has 0 radical (unpaired) electrons. The first-order valence-electron chi connectivity index (χ1n) is 4.03. The number of hydrogen-bond acceptors (Lipinski definition) is 1. The van der Waals surface area contributed by atoms with Crippen molar-refractivity contribution >= 4 is 34.8 Å². The van der Waals surface area contributed by atoms with Crippen LogP contribution in [0.5, 0.6) is 0 Å². The molecule has 0 aliphatic rings. The zero-order valence-corrected chi connectivity index (χ0v) is 9.06. The first-order valence-corrected chi connectivity index (χ1v) is 4.78. The summed E-state index contributed by atoms with van der Waals surface area (Å²) in [7, 11) is 0. The normalized spacial score (nSPS) is 10.5. The molecule has 0 atom stereocenters. The average molecular weight is 230 g/mol. The smallest absolute Gasteiger partial charge is 0.248 e. The highest BCUT2D eigenvalue weighted by Gasteiger charge is 2.06. The molecule has 14 heavy (non-hydrogen) atoms. The van der Waals surface area contributed by atoms with Crippen molar-refractivity contribution in [1.82, 2.24) is 0 Å². The standard InChI is InChI=1S/C10H9Cl2NO/c1-2-4-9(14)13-10-7(11)5-3-6-8(10)12/h2-6H,1H3,(H,13,14). The van der Waals surface area contributed by atoms with E-state index in [1.807, 2.05) is 0 Å². The molecule has 1 rings (SSSR count). The van der Waals surface area contributed by atoms with Gasteiger partial charge in [-0.15, -0.1) is 0 Å². The molecule has 0 aliphatic heterocycles. The highest BCUT2D eigenvalue weighted by molar-refractivity contribution is 6.39. The van der Waals surface area contributed by atoms with Crippen LogP contribution in [0, 0.1) is 0 Å². The predicted octanol–water partition coefficient (Wildman–Crippen LogP) is 3.51. The Morgan fingerprint density at radius 1 is 1.36 bits per heavy atom. The van der Waals surface area contributed by atoms with E-state index < -0.39 is 0 Å². The summed E-state index contributed by atoms with van der Waals surface area (Å²) >= 11 is 11.7. The van der Waals surface area contributed by atoms with Gasteiger partial charge in [0.25, 0.3) is 0 Å². The maximum absolute atomic E-state index is 11.2. The molecule has 1 aromatic rings. The SMILES string of the molecule is CC=CC(=O)Nc1c(Cl)cccc1Cl. The molecule has 0 spiro atoms. The average Bonchev–Trinajstić information content (AvgIpc) is 2.12. The molecule has 4 heteroatoms. The van der Waals surface area contributed by atoms with Crippen molar-refractivity contribution in [2.24, 2.45) is 0 Å². The van der Waals surface area contributed by atoms with Crippen LogP contribution in [0.4, 0.5) is 5.69 Å². The maximum atomic E-state index is 11.2. The van der Waals surface area contributed by atoms with Crippen LogP contribution in [0.3, 0.4) is 0 Å². The fourth-order valence-corrected chi connectivity index (χ4v) is 1.43. The van der Waals surface area contributed by atoms with E-state index in [1.165, 1.54) is 6.08 Å². The molecule has 1 aromatic carbocycles. The van der Waals surface area contributed by atoms with Gasteiger partial charge in [0.1, 0.15) is 0 Å². The second-order valence-electron chi connectivity index (χ2n) is 2.59. The van der Waals surface area contributed by atoms with Crippen LogP contribution in [0.1, 0.15) is 6.92 Å². The Labute approximate surface area is 92.5 Å². The highest BCUT2D eigenvalue weighted by atomic mass is 35.5. The zero-order chi connectivity index (χ0) is 10.6. The Bertz CT molecular complexity index is 354. The van der Waals surface area contributed by atoms with Gasteiger partial charge in [-0.1, -0.05) is 35.3 Å². The first kappa shape index (κ1) is 11.1. The minimum atomic E-state index is -0.248. The molecule has 0 unspecified atom stereocenters. The molecule has 1 amide bonds. The second-order valence-corrected chi connectivity index (χ2v) is 3.40. The van der Waals surface area contributed by atoms with Gasteiger partial charge in [-0.25, -0.2) is 0 Å². The van der Waals surface area contributed by atoms with Gasteiger partial charge < -0.3 is 5.32 Å². The van der Waals surface area contributed by atoms with Crippen molar-refractivity contribution in [3.63, 3.8) is 0 Å². The van der Waals surface area contributed by atoms with E-state index in [0.29, 0.717) is 15.7 Å². The van der Waals surface area contributed by atoms with Crippen LogP contribution in [-0.4, -0.2) is 5.91 Å². The van der Waals surface area contributed by atoms with Gasteiger partial charge in [-0.2, -0.15) is 0 Å². The number of anilines is 1. The minimum absolute atomic E-state index is 0.248. The molecule has 0 saturated heterocycles. The van der Waals surface area contributed by atoms with Crippen molar-refractivity contribution in [2.75, 3.05) is 5.32 Å². The fourth-order valence-electron chi connectivity index (χ4n) is 0.933. The van der Waals surface area contributed by atoms with Crippen molar-refractivity contribution in [1.29, 1.82) is 0 Å². The molecule has 0 fully saturated rings. The number of rotatable bonds is 2. The van der Waals surface area contributed by atoms with Gasteiger partial charge >= 0.3 is 0 Å². The van der Waals surface area contributed by atoms with Crippen LogP contribution >= 0.6 is 23.2 Å². The number of benzene rings is 1. The summed E-state index contributed by atoms with van der Waals surface area (Å²) in [6, 6.07) is 5.05. The van der Waals surface area contributed by atoms with Crippen molar-refractivity contribution in [3.8, 4) is 0 Å². The van der Waals surface area contributed by atoms with Crippen LogP contribution in [0.25, 0.3) is 0 Å². The number of allylic oxidation sites excluding steroid dienone is 1. The maximum Gasteiger partial charge on any atom is 0.248 e. The van der Waals surface area contributed by atoms with Crippen LogP contribution in [0.2, 0.25) is 10.0 Å². The zero-order valence-electron chi connectivity index (χ0n) is 7.55. The molecule has 1 N–H and O–H groups in total.